The Kier molecular flexibility index (Phi) is 7.38. The maximum Gasteiger partial charge on any atom is 0.193 e. The molecule has 0 amide bonds. The SMILES string of the molecule is [N-]=[N+]=NCCN(CCOc1ccc2c(=O)cc(-c3ccccc3)oc2c1)Cc1ccccc1. The molecule has 0 spiro atoms. The van der Waals surface area contributed by atoms with Crippen molar-refractivity contribution < 1.29 is 9.15 Å². The monoisotopic (exact) mass is 440 g/mol. The lowest BCUT2D eigenvalue weighted by molar-refractivity contribution is 0.206. The van der Waals surface area contributed by atoms with Gasteiger partial charge in [-0.25, -0.2) is 0 Å². The summed E-state index contributed by atoms with van der Waals surface area (Å²) in [4.78, 5) is 17.6. The Morgan fingerprint density at radius 2 is 1.70 bits per heavy atom. The predicted octanol–water partition coefficient (Wildman–Crippen LogP) is 5.65. The summed E-state index contributed by atoms with van der Waals surface area (Å²) in [5, 5.41) is 4.17. The minimum absolute atomic E-state index is 0.0891. The third-order valence-corrected chi connectivity index (χ3v) is 5.26. The number of fused-ring (bicyclic) bond motifs is 1. The molecule has 0 radical (unpaired) electrons. The molecule has 0 N–H and O–H groups in total. The summed E-state index contributed by atoms with van der Waals surface area (Å²) in [6, 6.07) is 26.4. The molecule has 0 fully saturated rings. The number of hydrogen-bond acceptors (Lipinski definition) is 5. The van der Waals surface area contributed by atoms with Gasteiger partial charge in [-0.2, -0.15) is 0 Å². The number of azide groups is 1. The molecule has 0 atom stereocenters. The van der Waals surface area contributed by atoms with Gasteiger partial charge in [0, 0.05) is 48.8 Å². The first-order valence-electron chi connectivity index (χ1n) is 10.8. The molecule has 3 aromatic carbocycles. The van der Waals surface area contributed by atoms with Crippen molar-refractivity contribution in [1.29, 1.82) is 0 Å². The Morgan fingerprint density at radius 1 is 0.939 bits per heavy atom. The van der Waals surface area contributed by atoms with E-state index in [-0.39, 0.29) is 5.43 Å². The number of nitrogens with zero attached hydrogens (tertiary/aromatic N) is 4. The molecule has 33 heavy (non-hydrogen) atoms. The highest BCUT2D eigenvalue weighted by Gasteiger charge is 2.10. The Bertz CT molecular complexity index is 1300. The molecule has 0 saturated carbocycles. The van der Waals surface area contributed by atoms with Crippen LogP contribution in [0.4, 0.5) is 0 Å². The molecule has 0 aliphatic heterocycles. The van der Waals surface area contributed by atoms with E-state index < -0.39 is 0 Å². The molecule has 4 aromatic rings. The summed E-state index contributed by atoms with van der Waals surface area (Å²) in [6.45, 7) is 2.86. The molecule has 4 rings (SSSR count). The zero-order valence-electron chi connectivity index (χ0n) is 18.1. The lowest BCUT2D eigenvalue weighted by Crippen LogP contribution is -2.30. The molecule has 0 unspecified atom stereocenters. The molecular weight excluding hydrogens is 416 g/mol. The number of benzene rings is 3. The lowest BCUT2D eigenvalue weighted by Gasteiger charge is -2.21. The quantitative estimate of drug-likeness (QED) is 0.181. The van der Waals surface area contributed by atoms with E-state index in [4.69, 9.17) is 14.7 Å². The van der Waals surface area contributed by atoms with Crippen LogP contribution >= 0.6 is 0 Å². The number of hydrogen-bond donors (Lipinski definition) is 0. The van der Waals surface area contributed by atoms with Gasteiger partial charge in [-0.1, -0.05) is 65.8 Å². The fourth-order valence-electron chi connectivity index (χ4n) is 3.60. The highest BCUT2D eigenvalue weighted by atomic mass is 16.5. The van der Waals surface area contributed by atoms with Crippen LogP contribution in [0.15, 0.2) is 99.3 Å². The standard InChI is InChI=1S/C26H24N4O3/c27-29-28-13-14-30(19-20-7-3-1-4-8-20)15-16-32-22-11-12-23-24(31)18-25(33-26(23)17-22)21-9-5-2-6-10-21/h1-12,17-18H,13-16,19H2. The fraction of sp³-hybridized carbons (Fsp3) is 0.192. The summed E-state index contributed by atoms with van der Waals surface area (Å²) in [7, 11) is 0. The second kappa shape index (κ2) is 11.0. The van der Waals surface area contributed by atoms with Gasteiger partial charge in [0.1, 0.15) is 23.7 Å². The topological polar surface area (TPSA) is 91.4 Å². The second-order valence-electron chi connectivity index (χ2n) is 7.56. The van der Waals surface area contributed by atoms with Gasteiger partial charge < -0.3 is 9.15 Å². The van der Waals surface area contributed by atoms with Crippen molar-refractivity contribution in [3.8, 4) is 17.1 Å². The molecule has 7 heteroatoms. The third kappa shape index (κ3) is 6.01. The molecule has 0 aliphatic carbocycles. The summed E-state index contributed by atoms with van der Waals surface area (Å²) in [5.41, 5.74) is 11.0. The Balaban J connectivity index is 1.45. The van der Waals surface area contributed by atoms with Crippen LogP contribution in [0, 0.1) is 0 Å². The van der Waals surface area contributed by atoms with Crippen LogP contribution in [-0.2, 0) is 6.54 Å². The van der Waals surface area contributed by atoms with E-state index in [9.17, 15) is 4.79 Å². The zero-order valence-corrected chi connectivity index (χ0v) is 18.1. The first-order chi connectivity index (χ1) is 16.2. The van der Waals surface area contributed by atoms with Crippen LogP contribution < -0.4 is 10.2 Å². The minimum atomic E-state index is -0.0891. The van der Waals surface area contributed by atoms with Gasteiger partial charge in [0.2, 0.25) is 0 Å². The average Bonchev–Trinajstić information content (AvgIpc) is 2.85. The van der Waals surface area contributed by atoms with Crippen LogP contribution in [0.2, 0.25) is 0 Å². The van der Waals surface area contributed by atoms with Crippen molar-refractivity contribution in [3.05, 3.63) is 111 Å². The molecular formula is C26H24N4O3. The molecule has 1 heterocycles. The Morgan fingerprint density at radius 3 is 2.45 bits per heavy atom. The van der Waals surface area contributed by atoms with Gasteiger partial charge in [-0.3, -0.25) is 9.69 Å². The van der Waals surface area contributed by atoms with E-state index in [1.165, 1.54) is 11.6 Å². The van der Waals surface area contributed by atoms with Crippen molar-refractivity contribution in [1.82, 2.24) is 4.90 Å². The average molecular weight is 441 g/mol. The summed E-state index contributed by atoms with van der Waals surface area (Å²) in [6.07, 6.45) is 0. The van der Waals surface area contributed by atoms with E-state index in [2.05, 4.69) is 27.1 Å². The van der Waals surface area contributed by atoms with Crippen LogP contribution in [0.1, 0.15) is 5.56 Å². The van der Waals surface area contributed by atoms with Gasteiger partial charge in [-0.15, -0.1) is 0 Å². The number of rotatable bonds is 10. The van der Waals surface area contributed by atoms with E-state index in [1.54, 1.807) is 18.2 Å². The van der Waals surface area contributed by atoms with Crippen molar-refractivity contribution in [2.75, 3.05) is 26.2 Å². The first kappa shape index (κ1) is 22.1. The molecule has 166 valence electrons. The minimum Gasteiger partial charge on any atom is -0.492 e. The third-order valence-electron chi connectivity index (χ3n) is 5.26. The molecule has 0 aliphatic rings. The molecule has 1 aromatic heterocycles. The van der Waals surface area contributed by atoms with E-state index >= 15 is 0 Å². The predicted molar refractivity (Wildman–Crippen MR) is 129 cm³/mol. The summed E-state index contributed by atoms with van der Waals surface area (Å²) in [5.74, 6) is 1.16. The van der Waals surface area contributed by atoms with Crippen LogP contribution in [-0.4, -0.2) is 31.1 Å². The van der Waals surface area contributed by atoms with Gasteiger partial charge in [0.25, 0.3) is 0 Å². The molecule has 7 nitrogen and oxygen atoms in total. The summed E-state index contributed by atoms with van der Waals surface area (Å²) >= 11 is 0. The normalized spacial score (nSPS) is 10.8. The van der Waals surface area contributed by atoms with Crippen LogP contribution in [0.3, 0.4) is 0 Å². The highest BCUT2D eigenvalue weighted by molar-refractivity contribution is 5.80. The second-order valence-corrected chi connectivity index (χ2v) is 7.56. The first-order valence-corrected chi connectivity index (χ1v) is 10.8. The van der Waals surface area contributed by atoms with E-state index in [1.807, 2.05) is 48.5 Å². The van der Waals surface area contributed by atoms with Crippen molar-refractivity contribution in [3.63, 3.8) is 0 Å². The number of ether oxygens (including phenoxy) is 1. The zero-order chi connectivity index (χ0) is 22.9. The van der Waals surface area contributed by atoms with Gasteiger partial charge in [0.15, 0.2) is 5.43 Å². The summed E-state index contributed by atoms with van der Waals surface area (Å²) < 4.78 is 12.0. The molecule has 0 bridgehead atoms. The van der Waals surface area contributed by atoms with Crippen LogP contribution in [0.5, 0.6) is 5.75 Å². The maximum absolute atomic E-state index is 12.5. The Labute approximate surface area is 191 Å². The van der Waals surface area contributed by atoms with Gasteiger partial charge >= 0.3 is 0 Å². The fourth-order valence-corrected chi connectivity index (χ4v) is 3.60. The highest BCUT2D eigenvalue weighted by Crippen LogP contribution is 2.24. The smallest absolute Gasteiger partial charge is 0.193 e. The van der Waals surface area contributed by atoms with Crippen molar-refractivity contribution >= 4 is 11.0 Å². The van der Waals surface area contributed by atoms with E-state index in [0.717, 1.165) is 12.1 Å². The lowest BCUT2D eigenvalue weighted by atomic mass is 10.1. The Hall–Kier alpha value is -4.06. The van der Waals surface area contributed by atoms with Crippen molar-refractivity contribution in [2.24, 2.45) is 5.11 Å². The van der Waals surface area contributed by atoms with Gasteiger partial charge in [-0.05, 0) is 23.2 Å². The molecule has 0 saturated heterocycles. The van der Waals surface area contributed by atoms with E-state index in [0.29, 0.717) is 48.7 Å². The largest absolute Gasteiger partial charge is 0.492 e. The van der Waals surface area contributed by atoms with Crippen molar-refractivity contribution in [2.45, 2.75) is 6.54 Å². The van der Waals surface area contributed by atoms with Crippen LogP contribution in [0.25, 0.3) is 32.7 Å². The van der Waals surface area contributed by atoms with Gasteiger partial charge in [0.05, 0.1) is 5.39 Å². The maximum atomic E-state index is 12.5.